The molecule has 1 aromatic carbocycles. The number of rotatable bonds is 2. The maximum absolute atomic E-state index is 12.0. The van der Waals surface area contributed by atoms with E-state index in [-0.39, 0.29) is 11.4 Å². The van der Waals surface area contributed by atoms with Gasteiger partial charge in [0, 0.05) is 11.9 Å². The Morgan fingerprint density at radius 3 is 3.00 bits per heavy atom. The number of carbonyl (C=O) groups is 1. The summed E-state index contributed by atoms with van der Waals surface area (Å²) in [5.74, 6) is -0.675. The Hall–Kier alpha value is -2.67. The fraction of sp³-hybridized carbons (Fsp3) is 0. The number of pyridine rings is 1. The van der Waals surface area contributed by atoms with Crippen molar-refractivity contribution >= 4 is 38.3 Å². The van der Waals surface area contributed by atoms with Crippen LogP contribution < -0.4 is 11.1 Å². The smallest absolute Gasteiger partial charge is 0.279 e. The summed E-state index contributed by atoms with van der Waals surface area (Å²) in [5.41, 5.74) is 7.05. The van der Waals surface area contributed by atoms with E-state index in [2.05, 4.69) is 15.3 Å². The number of nitrogens with one attached hydrogen (secondary N) is 1. The minimum absolute atomic E-state index is 0.0359. The lowest BCUT2D eigenvalue weighted by Crippen LogP contribution is -2.13. The first-order valence-electron chi connectivity index (χ1n) is 5.75. The van der Waals surface area contributed by atoms with E-state index >= 15 is 0 Å². The molecule has 0 fully saturated rings. The first-order valence-corrected chi connectivity index (χ1v) is 6.56. The van der Waals surface area contributed by atoms with Crippen LogP contribution in [-0.4, -0.2) is 21.0 Å². The van der Waals surface area contributed by atoms with Gasteiger partial charge in [0.1, 0.15) is 5.75 Å². The number of hydrogen-bond donors (Lipinski definition) is 3. The highest BCUT2D eigenvalue weighted by molar-refractivity contribution is 7.22. The van der Waals surface area contributed by atoms with Crippen LogP contribution in [0.5, 0.6) is 5.75 Å². The van der Waals surface area contributed by atoms with Crippen molar-refractivity contribution in [3.63, 3.8) is 0 Å². The Bertz CT molecular complexity index is 800. The van der Waals surface area contributed by atoms with Gasteiger partial charge in [0.2, 0.25) is 0 Å². The summed E-state index contributed by atoms with van der Waals surface area (Å²) in [5, 5.41) is 12.6. The summed E-state index contributed by atoms with van der Waals surface area (Å²) in [6.45, 7) is 0. The first kappa shape index (κ1) is 12.4. The van der Waals surface area contributed by atoms with Crippen molar-refractivity contribution in [2.75, 3.05) is 11.1 Å². The van der Waals surface area contributed by atoms with Crippen LogP contribution in [0.2, 0.25) is 0 Å². The second kappa shape index (κ2) is 4.78. The standard InChI is InChI=1S/C13H10N4O2S/c14-7-3-4-8-10(6-7)20-13(16-8)17-12(19)11-9(18)2-1-5-15-11/h1-6,18H,14H2,(H,16,17,19). The predicted octanol–water partition coefficient (Wildman–Crippen LogP) is 2.23. The summed E-state index contributed by atoms with van der Waals surface area (Å²) >= 11 is 1.31. The minimum Gasteiger partial charge on any atom is -0.505 e. The van der Waals surface area contributed by atoms with Crippen LogP contribution in [0, 0.1) is 0 Å². The molecule has 100 valence electrons. The predicted molar refractivity (Wildman–Crippen MR) is 77.9 cm³/mol. The van der Waals surface area contributed by atoms with E-state index in [9.17, 15) is 9.90 Å². The molecule has 0 saturated carbocycles. The van der Waals surface area contributed by atoms with E-state index in [0.717, 1.165) is 10.2 Å². The third-order valence-electron chi connectivity index (χ3n) is 2.63. The molecular weight excluding hydrogens is 276 g/mol. The Labute approximate surface area is 117 Å². The molecule has 0 bridgehead atoms. The number of fused-ring (bicyclic) bond motifs is 1. The van der Waals surface area contributed by atoms with Gasteiger partial charge in [-0.2, -0.15) is 0 Å². The number of nitrogen functional groups attached to an aromatic ring is 1. The zero-order valence-electron chi connectivity index (χ0n) is 10.2. The SMILES string of the molecule is Nc1ccc2nc(NC(=O)c3ncccc3O)sc2c1. The average Bonchev–Trinajstić information content (AvgIpc) is 2.80. The summed E-state index contributed by atoms with van der Waals surface area (Å²) in [4.78, 5) is 20.1. The number of nitrogens with two attached hydrogens (primary N) is 1. The quantitative estimate of drug-likeness (QED) is 0.627. The van der Waals surface area contributed by atoms with Crippen LogP contribution in [0.25, 0.3) is 10.2 Å². The normalized spacial score (nSPS) is 10.6. The van der Waals surface area contributed by atoms with Crippen molar-refractivity contribution < 1.29 is 9.90 Å². The molecular formula is C13H10N4O2S. The molecule has 1 amide bonds. The number of thiazole rings is 1. The summed E-state index contributed by atoms with van der Waals surface area (Å²) in [6, 6.07) is 8.28. The van der Waals surface area contributed by atoms with Crippen LogP contribution >= 0.6 is 11.3 Å². The molecule has 2 aromatic heterocycles. The maximum atomic E-state index is 12.0. The highest BCUT2D eigenvalue weighted by Crippen LogP contribution is 2.28. The van der Waals surface area contributed by atoms with Crippen LogP contribution in [0.3, 0.4) is 0 Å². The number of carbonyl (C=O) groups excluding carboxylic acids is 1. The number of aromatic hydroxyl groups is 1. The molecule has 0 aliphatic rings. The van der Waals surface area contributed by atoms with Crippen molar-refractivity contribution in [1.82, 2.24) is 9.97 Å². The monoisotopic (exact) mass is 286 g/mol. The van der Waals surface area contributed by atoms with Crippen LogP contribution in [-0.2, 0) is 0 Å². The summed E-state index contributed by atoms with van der Waals surface area (Å²) in [7, 11) is 0. The second-order valence-corrected chi connectivity index (χ2v) is 5.10. The second-order valence-electron chi connectivity index (χ2n) is 4.07. The Morgan fingerprint density at radius 2 is 2.20 bits per heavy atom. The van der Waals surface area contributed by atoms with Crippen molar-refractivity contribution in [2.24, 2.45) is 0 Å². The van der Waals surface area contributed by atoms with Gasteiger partial charge in [0.25, 0.3) is 5.91 Å². The van der Waals surface area contributed by atoms with E-state index in [1.165, 1.54) is 23.6 Å². The van der Waals surface area contributed by atoms with Crippen molar-refractivity contribution in [3.8, 4) is 5.75 Å². The van der Waals surface area contributed by atoms with Gasteiger partial charge >= 0.3 is 0 Å². The molecule has 0 aliphatic heterocycles. The molecule has 4 N–H and O–H groups in total. The molecule has 0 atom stereocenters. The number of nitrogens with zero attached hydrogens (tertiary/aromatic N) is 2. The van der Waals surface area contributed by atoms with Crippen LogP contribution in [0.4, 0.5) is 10.8 Å². The van der Waals surface area contributed by atoms with Gasteiger partial charge in [-0.3, -0.25) is 10.1 Å². The fourth-order valence-corrected chi connectivity index (χ4v) is 2.63. The number of amides is 1. The topological polar surface area (TPSA) is 101 Å². The van der Waals surface area contributed by atoms with Gasteiger partial charge < -0.3 is 10.8 Å². The number of anilines is 2. The first-order chi connectivity index (χ1) is 9.63. The van der Waals surface area contributed by atoms with Gasteiger partial charge in [-0.05, 0) is 30.3 Å². The lowest BCUT2D eigenvalue weighted by molar-refractivity contribution is 0.101. The molecule has 3 aromatic rings. The Balaban J connectivity index is 1.89. The molecule has 6 nitrogen and oxygen atoms in total. The lowest BCUT2D eigenvalue weighted by Gasteiger charge is -2.01. The minimum atomic E-state index is -0.505. The number of aromatic nitrogens is 2. The fourth-order valence-electron chi connectivity index (χ4n) is 1.72. The molecule has 0 radical (unpaired) electrons. The third kappa shape index (κ3) is 2.26. The van der Waals surface area contributed by atoms with Gasteiger partial charge in [-0.1, -0.05) is 11.3 Å². The average molecular weight is 286 g/mol. The molecule has 0 aliphatic carbocycles. The molecule has 0 spiro atoms. The third-order valence-corrected chi connectivity index (χ3v) is 3.57. The van der Waals surface area contributed by atoms with E-state index in [4.69, 9.17) is 5.73 Å². The van der Waals surface area contributed by atoms with Crippen LogP contribution in [0.15, 0.2) is 36.5 Å². The van der Waals surface area contributed by atoms with E-state index < -0.39 is 5.91 Å². The number of hydrogen-bond acceptors (Lipinski definition) is 6. The van der Waals surface area contributed by atoms with E-state index in [1.807, 2.05) is 0 Å². The largest absolute Gasteiger partial charge is 0.505 e. The van der Waals surface area contributed by atoms with Gasteiger partial charge in [0.15, 0.2) is 10.8 Å². The van der Waals surface area contributed by atoms with E-state index in [1.54, 1.807) is 24.3 Å². The molecule has 7 heteroatoms. The lowest BCUT2D eigenvalue weighted by atomic mass is 10.3. The molecule has 0 saturated heterocycles. The molecule has 3 rings (SSSR count). The number of benzene rings is 1. The highest BCUT2D eigenvalue weighted by Gasteiger charge is 2.14. The summed E-state index contributed by atoms with van der Waals surface area (Å²) in [6.07, 6.45) is 1.44. The Kier molecular flexibility index (Phi) is 2.96. The van der Waals surface area contributed by atoms with Crippen molar-refractivity contribution in [3.05, 3.63) is 42.2 Å². The molecule has 0 unspecified atom stereocenters. The molecule has 20 heavy (non-hydrogen) atoms. The van der Waals surface area contributed by atoms with Crippen LogP contribution in [0.1, 0.15) is 10.5 Å². The van der Waals surface area contributed by atoms with Gasteiger partial charge in [-0.25, -0.2) is 9.97 Å². The molecule has 2 heterocycles. The van der Waals surface area contributed by atoms with Gasteiger partial charge in [0.05, 0.1) is 10.2 Å². The maximum Gasteiger partial charge on any atom is 0.279 e. The van der Waals surface area contributed by atoms with Gasteiger partial charge in [-0.15, -0.1) is 0 Å². The van der Waals surface area contributed by atoms with E-state index in [0.29, 0.717) is 10.8 Å². The van der Waals surface area contributed by atoms with Crippen molar-refractivity contribution in [2.45, 2.75) is 0 Å². The zero-order chi connectivity index (χ0) is 14.1. The van der Waals surface area contributed by atoms with Crippen molar-refractivity contribution in [1.29, 1.82) is 0 Å². The zero-order valence-corrected chi connectivity index (χ0v) is 11.0. The highest BCUT2D eigenvalue weighted by atomic mass is 32.1. The Morgan fingerprint density at radius 1 is 1.35 bits per heavy atom. The summed E-state index contributed by atoms with van der Waals surface area (Å²) < 4.78 is 0.880.